The first kappa shape index (κ1) is 13.0. The van der Waals surface area contributed by atoms with E-state index in [1.54, 1.807) is 6.07 Å². The Bertz CT molecular complexity index is 857. The van der Waals surface area contributed by atoms with E-state index in [9.17, 15) is 4.79 Å². The number of benzene rings is 2. The summed E-state index contributed by atoms with van der Waals surface area (Å²) in [6.45, 7) is 0. The van der Waals surface area contributed by atoms with E-state index in [0.29, 0.717) is 5.69 Å². The molecule has 0 saturated carbocycles. The van der Waals surface area contributed by atoms with Gasteiger partial charge in [0.15, 0.2) is 0 Å². The zero-order chi connectivity index (χ0) is 14.9. The molecule has 1 aromatic heterocycles. The van der Waals surface area contributed by atoms with Crippen molar-refractivity contribution in [1.82, 2.24) is 10.3 Å². The SMILES string of the molecule is O=C(N[C@@H]1CCc2ccccc21)c1ccc2ccccc2n1. The van der Waals surface area contributed by atoms with Crippen molar-refractivity contribution in [3.63, 3.8) is 0 Å². The number of rotatable bonds is 2. The third kappa shape index (κ3) is 2.25. The fraction of sp³-hybridized carbons (Fsp3) is 0.158. The van der Waals surface area contributed by atoms with Gasteiger partial charge in [0.2, 0.25) is 0 Å². The topological polar surface area (TPSA) is 42.0 Å². The van der Waals surface area contributed by atoms with Gasteiger partial charge in [-0.2, -0.15) is 0 Å². The smallest absolute Gasteiger partial charge is 0.270 e. The van der Waals surface area contributed by atoms with Gasteiger partial charge in [0.25, 0.3) is 5.91 Å². The monoisotopic (exact) mass is 288 g/mol. The van der Waals surface area contributed by atoms with Gasteiger partial charge in [-0.05, 0) is 36.1 Å². The summed E-state index contributed by atoms with van der Waals surface area (Å²) < 4.78 is 0. The van der Waals surface area contributed by atoms with Gasteiger partial charge in [0, 0.05) is 5.39 Å². The largest absolute Gasteiger partial charge is 0.344 e. The van der Waals surface area contributed by atoms with E-state index in [1.807, 2.05) is 42.5 Å². The molecule has 0 spiro atoms. The summed E-state index contributed by atoms with van der Waals surface area (Å²) in [5.74, 6) is -0.104. The molecule has 0 saturated heterocycles. The van der Waals surface area contributed by atoms with Crippen molar-refractivity contribution < 1.29 is 4.79 Å². The maximum atomic E-state index is 12.5. The van der Waals surface area contributed by atoms with Crippen LogP contribution in [0.15, 0.2) is 60.7 Å². The summed E-state index contributed by atoms with van der Waals surface area (Å²) in [5, 5.41) is 4.16. The molecule has 22 heavy (non-hydrogen) atoms. The van der Waals surface area contributed by atoms with Crippen LogP contribution < -0.4 is 5.32 Å². The molecule has 1 heterocycles. The molecule has 0 radical (unpaired) electrons. The molecule has 3 heteroatoms. The Morgan fingerprint density at radius 2 is 1.82 bits per heavy atom. The maximum Gasteiger partial charge on any atom is 0.270 e. The Morgan fingerprint density at radius 3 is 2.77 bits per heavy atom. The molecule has 1 atom stereocenters. The van der Waals surface area contributed by atoms with Gasteiger partial charge in [-0.3, -0.25) is 4.79 Å². The zero-order valence-electron chi connectivity index (χ0n) is 12.1. The lowest BCUT2D eigenvalue weighted by atomic mass is 10.1. The zero-order valence-corrected chi connectivity index (χ0v) is 12.1. The number of nitrogens with zero attached hydrogens (tertiary/aromatic N) is 1. The van der Waals surface area contributed by atoms with Gasteiger partial charge < -0.3 is 5.32 Å². The van der Waals surface area contributed by atoms with E-state index in [4.69, 9.17) is 0 Å². The second kappa shape index (κ2) is 5.26. The molecule has 108 valence electrons. The van der Waals surface area contributed by atoms with Crippen molar-refractivity contribution in [3.8, 4) is 0 Å². The lowest BCUT2D eigenvalue weighted by Gasteiger charge is -2.14. The van der Waals surface area contributed by atoms with Crippen molar-refractivity contribution >= 4 is 16.8 Å². The first-order valence-corrected chi connectivity index (χ1v) is 7.56. The van der Waals surface area contributed by atoms with Crippen LogP contribution in [0.3, 0.4) is 0 Å². The highest BCUT2D eigenvalue weighted by atomic mass is 16.1. The average Bonchev–Trinajstić information content (AvgIpc) is 2.97. The van der Waals surface area contributed by atoms with E-state index in [-0.39, 0.29) is 11.9 Å². The number of para-hydroxylation sites is 1. The van der Waals surface area contributed by atoms with Crippen LogP contribution in [-0.2, 0) is 6.42 Å². The van der Waals surface area contributed by atoms with E-state index in [0.717, 1.165) is 23.7 Å². The predicted molar refractivity (Wildman–Crippen MR) is 86.7 cm³/mol. The van der Waals surface area contributed by atoms with Crippen LogP contribution in [0.1, 0.15) is 34.1 Å². The van der Waals surface area contributed by atoms with Gasteiger partial charge in [-0.25, -0.2) is 4.98 Å². The summed E-state index contributed by atoms with van der Waals surface area (Å²) in [6, 6.07) is 20.0. The molecule has 0 unspecified atom stereocenters. The highest BCUT2D eigenvalue weighted by Gasteiger charge is 2.24. The minimum atomic E-state index is -0.104. The van der Waals surface area contributed by atoms with Crippen molar-refractivity contribution in [2.24, 2.45) is 0 Å². The first-order valence-electron chi connectivity index (χ1n) is 7.56. The van der Waals surface area contributed by atoms with Crippen molar-refractivity contribution in [2.75, 3.05) is 0 Å². The van der Waals surface area contributed by atoms with E-state index in [1.165, 1.54) is 11.1 Å². The highest BCUT2D eigenvalue weighted by Crippen LogP contribution is 2.30. The van der Waals surface area contributed by atoms with Gasteiger partial charge in [0.05, 0.1) is 11.6 Å². The van der Waals surface area contributed by atoms with Gasteiger partial charge in [-0.15, -0.1) is 0 Å². The summed E-state index contributed by atoms with van der Waals surface area (Å²) in [4.78, 5) is 16.9. The Hall–Kier alpha value is -2.68. The fourth-order valence-electron chi connectivity index (χ4n) is 3.13. The normalized spacial score (nSPS) is 16.5. The van der Waals surface area contributed by atoms with Gasteiger partial charge >= 0.3 is 0 Å². The Morgan fingerprint density at radius 1 is 1.00 bits per heavy atom. The number of carbonyl (C=O) groups excluding carboxylic acids is 1. The molecule has 1 N–H and O–H groups in total. The summed E-state index contributed by atoms with van der Waals surface area (Å²) in [7, 11) is 0. The number of amides is 1. The number of carbonyl (C=O) groups is 1. The first-order chi connectivity index (χ1) is 10.8. The minimum Gasteiger partial charge on any atom is -0.344 e. The number of hydrogen-bond acceptors (Lipinski definition) is 2. The molecule has 4 rings (SSSR count). The molecule has 3 nitrogen and oxygen atoms in total. The van der Waals surface area contributed by atoms with Gasteiger partial charge in [0.1, 0.15) is 5.69 Å². The average molecular weight is 288 g/mol. The third-order valence-electron chi connectivity index (χ3n) is 4.27. The minimum absolute atomic E-state index is 0.0944. The molecular weight excluding hydrogens is 272 g/mol. The lowest BCUT2D eigenvalue weighted by molar-refractivity contribution is 0.0932. The van der Waals surface area contributed by atoms with Crippen LogP contribution in [0, 0.1) is 0 Å². The van der Waals surface area contributed by atoms with E-state index in [2.05, 4.69) is 22.4 Å². The molecule has 3 aromatic rings. The van der Waals surface area contributed by atoms with E-state index >= 15 is 0 Å². The number of fused-ring (bicyclic) bond motifs is 2. The van der Waals surface area contributed by atoms with Crippen molar-refractivity contribution in [2.45, 2.75) is 18.9 Å². The summed E-state index contributed by atoms with van der Waals surface area (Å²) in [6.07, 6.45) is 1.98. The molecule has 1 amide bonds. The van der Waals surface area contributed by atoms with Gasteiger partial charge in [-0.1, -0.05) is 48.5 Å². The summed E-state index contributed by atoms with van der Waals surface area (Å²) in [5.41, 5.74) is 3.89. The van der Waals surface area contributed by atoms with Crippen LogP contribution in [0.25, 0.3) is 10.9 Å². The molecule has 0 aliphatic heterocycles. The molecule has 1 aliphatic carbocycles. The third-order valence-corrected chi connectivity index (χ3v) is 4.27. The van der Waals surface area contributed by atoms with Crippen LogP contribution in [0.5, 0.6) is 0 Å². The quantitative estimate of drug-likeness (QED) is 0.782. The number of hydrogen-bond donors (Lipinski definition) is 1. The van der Waals surface area contributed by atoms with Crippen molar-refractivity contribution in [1.29, 1.82) is 0 Å². The Kier molecular flexibility index (Phi) is 3.11. The molecular formula is C19H16N2O. The molecule has 0 fully saturated rings. The Balaban J connectivity index is 1.59. The number of aryl methyl sites for hydroxylation is 1. The van der Waals surface area contributed by atoms with Crippen molar-refractivity contribution in [3.05, 3.63) is 77.5 Å². The second-order valence-electron chi connectivity index (χ2n) is 5.65. The number of pyridine rings is 1. The maximum absolute atomic E-state index is 12.5. The standard InChI is InChI=1S/C19H16N2O/c22-19(18-12-10-14-6-2-4-8-16(14)20-18)21-17-11-9-13-5-1-3-7-15(13)17/h1-8,10,12,17H,9,11H2,(H,21,22)/t17-/m1/s1. The van der Waals surface area contributed by atoms with Crippen LogP contribution >= 0.6 is 0 Å². The predicted octanol–water partition coefficient (Wildman–Crippen LogP) is 3.65. The fourth-order valence-corrected chi connectivity index (χ4v) is 3.13. The molecule has 1 aliphatic rings. The molecule has 0 bridgehead atoms. The van der Waals surface area contributed by atoms with Crippen LogP contribution in [0.4, 0.5) is 0 Å². The highest BCUT2D eigenvalue weighted by molar-refractivity contribution is 5.95. The lowest BCUT2D eigenvalue weighted by Crippen LogP contribution is -2.27. The van der Waals surface area contributed by atoms with Crippen LogP contribution in [0.2, 0.25) is 0 Å². The number of nitrogens with one attached hydrogen (secondary N) is 1. The molecule has 2 aromatic carbocycles. The van der Waals surface area contributed by atoms with Crippen LogP contribution in [-0.4, -0.2) is 10.9 Å². The Labute approximate surface area is 129 Å². The summed E-state index contributed by atoms with van der Waals surface area (Å²) >= 11 is 0. The number of aromatic nitrogens is 1. The second-order valence-corrected chi connectivity index (χ2v) is 5.65. The van der Waals surface area contributed by atoms with E-state index < -0.39 is 0 Å².